The van der Waals surface area contributed by atoms with E-state index in [-0.39, 0.29) is 17.7 Å². The summed E-state index contributed by atoms with van der Waals surface area (Å²) in [7, 11) is 1.75. The molecule has 8 nitrogen and oxygen atoms in total. The second kappa shape index (κ2) is 7.58. The molecule has 2 aliphatic heterocycles. The smallest absolute Gasteiger partial charge is 0.329 e. The maximum absolute atomic E-state index is 14.5. The standard InChI is InChI=1S/C18H19F4N7O/c1-28-8-11(6-25-28)26-16-23-7-14(19)15(27-16)10-4-12-2-3-13(5-10)29(12)17(30)24-9-18(20,21)22/h4,6-8,12-13H,2-3,5,9H2,1H3,(H,24,30)(H,23,26,27)/t12-,13+/m0/s1. The first-order valence-corrected chi connectivity index (χ1v) is 9.32. The number of hydrogen-bond acceptors (Lipinski definition) is 5. The maximum Gasteiger partial charge on any atom is 0.405 e. The van der Waals surface area contributed by atoms with Crippen LogP contribution in [0.5, 0.6) is 0 Å². The van der Waals surface area contributed by atoms with Crippen LogP contribution < -0.4 is 10.6 Å². The molecule has 2 aromatic rings. The lowest BCUT2D eigenvalue weighted by atomic mass is 9.98. The Bertz CT molecular complexity index is 987. The summed E-state index contributed by atoms with van der Waals surface area (Å²) in [5.41, 5.74) is 1.36. The van der Waals surface area contributed by atoms with E-state index in [2.05, 4.69) is 20.4 Å². The van der Waals surface area contributed by atoms with Gasteiger partial charge in [-0.1, -0.05) is 6.08 Å². The molecule has 0 spiro atoms. The minimum Gasteiger partial charge on any atom is -0.329 e. The molecule has 2 N–H and O–H groups in total. The lowest BCUT2D eigenvalue weighted by Crippen LogP contribution is -2.50. The topological polar surface area (TPSA) is 88.0 Å². The highest BCUT2D eigenvalue weighted by molar-refractivity contribution is 5.78. The molecule has 0 aliphatic carbocycles. The van der Waals surface area contributed by atoms with E-state index in [0.29, 0.717) is 30.5 Å². The summed E-state index contributed by atoms with van der Waals surface area (Å²) < 4.78 is 53.3. The van der Waals surface area contributed by atoms with Gasteiger partial charge in [-0.15, -0.1) is 0 Å². The Balaban J connectivity index is 1.53. The first-order chi connectivity index (χ1) is 14.2. The largest absolute Gasteiger partial charge is 0.405 e. The molecule has 2 amide bonds. The highest BCUT2D eigenvalue weighted by Gasteiger charge is 2.41. The van der Waals surface area contributed by atoms with Crippen molar-refractivity contribution in [2.24, 2.45) is 7.05 Å². The fourth-order valence-corrected chi connectivity index (χ4v) is 3.86. The second-order valence-corrected chi connectivity index (χ2v) is 7.29. The number of urea groups is 1. The average molecular weight is 425 g/mol. The second-order valence-electron chi connectivity index (χ2n) is 7.29. The van der Waals surface area contributed by atoms with Crippen molar-refractivity contribution >= 4 is 23.2 Å². The molecule has 0 saturated carbocycles. The van der Waals surface area contributed by atoms with E-state index in [1.165, 1.54) is 4.90 Å². The number of nitrogens with zero attached hydrogens (tertiary/aromatic N) is 5. The van der Waals surface area contributed by atoms with Gasteiger partial charge < -0.3 is 15.5 Å². The van der Waals surface area contributed by atoms with E-state index in [9.17, 15) is 22.4 Å². The van der Waals surface area contributed by atoms with Crippen molar-refractivity contribution in [1.29, 1.82) is 0 Å². The van der Waals surface area contributed by atoms with E-state index in [1.807, 2.05) is 5.32 Å². The van der Waals surface area contributed by atoms with Gasteiger partial charge in [0.15, 0.2) is 5.82 Å². The first kappa shape index (κ1) is 20.1. The summed E-state index contributed by atoms with van der Waals surface area (Å²) in [4.78, 5) is 21.9. The van der Waals surface area contributed by atoms with Gasteiger partial charge in [-0.3, -0.25) is 4.68 Å². The Morgan fingerprint density at radius 2 is 2.10 bits per heavy atom. The molecular weight excluding hydrogens is 406 g/mol. The number of carbonyl (C=O) groups is 1. The van der Waals surface area contributed by atoms with Crippen molar-refractivity contribution in [1.82, 2.24) is 30.0 Å². The number of fused-ring (bicyclic) bond motifs is 2. The zero-order chi connectivity index (χ0) is 21.5. The number of anilines is 2. The van der Waals surface area contributed by atoms with Gasteiger partial charge in [-0.25, -0.2) is 19.2 Å². The fraction of sp³-hybridized carbons (Fsp3) is 0.444. The van der Waals surface area contributed by atoms with Crippen LogP contribution in [0.3, 0.4) is 0 Å². The van der Waals surface area contributed by atoms with Crippen LogP contribution in [-0.4, -0.2) is 55.5 Å². The van der Waals surface area contributed by atoms with Crippen LogP contribution in [0.1, 0.15) is 25.0 Å². The summed E-state index contributed by atoms with van der Waals surface area (Å²) in [6.07, 6.45) is 3.10. The molecule has 1 saturated heterocycles. The zero-order valence-electron chi connectivity index (χ0n) is 15.9. The van der Waals surface area contributed by atoms with Crippen molar-refractivity contribution in [2.45, 2.75) is 37.5 Å². The first-order valence-electron chi connectivity index (χ1n) is 9.32. The van der Waals surface area contributed by atoms with Crippen LogP contribution in [0.25, 0.3) is 5.57 Å². The van der Waals surface area contributed by atoms with Crippen LogP contribution in [0.4, 0.5) is 34.0 Å². The summed E-state index contributed by atoms with van der Waals surface area (Å²) >= 11 is 0. The molecule has 160 valence electrons. The third-order valence-corrected chi connectivity index (χ3v) is 5.08. The van der Waals surface area contributed by atoms with E-state index in [1.54, 1.807) is 30.2 Å². The Kier molecular flexibility index (Phi) is 5.08. The minimum absolute atomic E-state index is 0.114. The minimum atomic E-state index is -4.48. The van der Waals surface area contributed by atoms with Crippen LogP contribution in [-0.2, 0) is 7.05 Å². The van der Waals surface area contributed by atoms with Crippen LogP contribution in [0.2, 0.25) is 0 Å². The van der Waals surface area contributed by atoms with Gasteiger partial charge in [0, 0.05) is 19.3 Å². The molecule has 0 unspecified atom stereocenters. The number of aromatic nitrogens is 4. The number of rotatable bonds is 4. The molecule has 0 aromatic carbocycles. The highest BCUT2D eigenvalue weighted by atomic mass is 19.4. The number of hydrogen-bond donors (Lipinski definition) is 2. The number of nitrogens with one attached hydrogen (secondary N) is 2. The molecule has 2 aliphatic rings. The predicted octanol–water partition coefficient (Wildman–Crippen LogP) is 2.98. The maximum atomic E-state index is 14.5. The van der Waals surface area contributed by atoms with E-state index < -0.39 is 30.6 Å². The molecule has 12 heteroatoms. The summed E-state index contributed by atoms with van der Waals surface area (Å²) in [5, 5.41) is 8.88. The number of halogens is 4. The molecular formula is C18H19F4N7O. The van der Waals surface area contributed by atoms with Gasteiger partial charge in [0.1, 0.15) is 12.2 Å². The van der Waals surface area contributed by atoms with Crippen LogP contribution in [0, 0.1) is 5.82 Å². The Morgan fingerprint density at radius 1 is 1.30 bits per heavy atom. The van der Waals surface area contributed by atoms with Crippen molar-refractivity contribution in [3.05, 3.63) is 36.2 Å². The van der Waals surface area contributed by atoms with E-state index >= 15 is 0 Å². The Hall–Kier alpha value is -3.18. The van der Waals surface area contributed by atoms with Gasteiger partial charge in [0.25, 0.3) is 0 Å². The number of carbonyl (C=O) groups excluding carboxylic acids is 1. The number of aryl methyl sites for hydroxylation is 1. The van der Waals surface area contributed by atoms with Crippen LogP contribution in [0.15, 0.2) is 24.7 Å². The Labute approximate surface area is 169 Å². The number of alkyl halides is 3. The molecule has 2 atom stereocenters. The van der Waals surface area contributed by atoms with Gasteiger partial charge >= 0.3 is 12.2 Å². The van der Waals surface area contributed by atoms with E-state index in [0.717, 1.165) is 6.20 Å². The van der Waals surface area contributed by atoms with Gasteiger partial charge in [0.05, 0.1) is 24.1 Å². The van der Waals surface area contributed by atoms with Gasteiger partial charge in [0.2, 0.25) is 5.95 Å². The summed E-state index contributed by atoms with van der Waals surface area (Å²) in [5.74, 6) is -0.412. The third-order valence-electron chi connectivity index (χ3n) is 5.08. The molecule has 2 aromatic heterocycles. The van der Waals surface area contributed by atoms with Crippen LogP contribution >= 0.6 is 0 Å². The SMILES string of the molecule is Cn1cc(Nc2ncc(F)c(C3=C[C@@H]4CC[C@H](C3)N4C(=O)NCC(F)(F)F)n2)cn1. The monoisotopic (exact) mass is 425 g/mol. The molecule has 2 bridgehead atoms. The lowest BCUT2D eigenvalue weighted by molar-refractivity contribution is -0.123. The molecule has 30 heavy (non-hydrogen) atoms. The predicted molar refractivity (Wildman–Crippen MR) is 99.2 cm³/mol. The van der Waals surface area contributed by atoms with Crippen molar-refractivity contribution < 1.29 is 22.4 Å². The molecule has 1 fully saturated rings. The Morgan fingerprint density at radius 3 is 2.77 bits per heavy atom. The fourth-order valence-electron chi connectivity index (χ4n) is 3.86. The van der Waals surface area contributed by atoms with Crippen molar-refractivity contribution in [2.75, 3.05) is 11.9 Å². The third kappa shape index (κ3) is 4.21. The normalized spacial score (nSPS) is 20.8. The summed E-state index contributed by atoms with van der Waals surface area (Å²) in [6, 6.07) is -1.49. The molecule has 4 heterocycles. The highest BCUT2D eigenvalue weighted by Crippen LogP contribution is 2.38. The van der Waals surface area contributed by atoms with Gasteiger partial charge in [-0.2, -0.15) is 18.3 Å². The average Bonchev–Trinajstić information content (AvgIpc) is 3.20. The summed E-state index contributed by atoms with van der Waals surface area (Å²) in [6.45, 7) is -1.39. The zero-order valence-corrected chi connectivity index (χ0v) is 15.9. The van der Waals surface area contributed by atoms with Crippen molar-refractivity contribution in [3.8, 4) is 0 Å². The quantitative estimate of drug-likeness (QED) is 0.736. The van der Waals surface area contributed by atoms with Crippen molar-refractivity contribution in [3.63, 3.8) is 0 Å². The van der Waals surface area contributed by atoms with E-state index in [4.69, 9.17) is 0 Å². The number of amides is 2. The lowest BCUT2D eigenvalue weighted by Gasteiger charge is -2.34. The molecule has 4 rings (SSSR count). The van der Waals surface area contributed by atoms with Gasteiger partial charge in [-0.05, 0) is 24.8 Å². The molecule has 0 radical (unpaired) electrons.